The summed E-state index contributed by atoms with van der Waals surface area (Å²) in [5, 5.41) is 3.01. The minimum Gasteiger partial charge on any atom is -0.756 e. The van der Waals surface area contributed by atoms with Crippen molar-refractivity contribution >= 4 is 19.7 Å². The molecule has 0 saturated carbocycles. The van der Waals surface area contributed by atoms with Gasteiger partial charge in [0.1, 0.15) is 19.3 Å². The molecule has 77 heavy (non-hydrogen) atoms. The lowest BCUT2D eigenvalue weighted by Gasteiger charge is -2.30. The van der Waals surface area contributed by atoms with Crippen molar-refractivity contribution in [1.82, 2.24) is 5.32 Å². The molecule has 3 unspecified atom stereocenters. The van der Waals surface area contributed by atoms with Crippen LogP contribution in [0.15, 0.2) is 109 Å². The third-order valence-electron chi connectivity index (χ3n) is 13.2. The maximum absolute atomic E-state index is 13.5. The molecule has 10 heteroatoms. The number of ether oxygens (including phenoxy) is 1. The molecule has 0 aromatic heterocycles. The number of nitrogens with one attached hydrogen (secondary N) is 1. The number of unbranched alkanes of at least 4 members (excludes halogenated alkanes) is 23. The first kappa shape index (κ1) is 73.7. The molecule has 0 radical (unpaired) electrons. The van der Waals surface area contributed by atoms with Crippen molar-refractivity contribution in [2.75, 3.05) is 40.9 Å². The van der Waals surface area contributed by atoms with Crippen molar-refractivity contribution in [1.29, 1.82) is 0 Å². The fourth-order valence-electron chi connectivity index (χ4n) is 8.38. The Morgan fingerprint density at radius 2 is 0.831 bits per heavy atom. The first-order chi connectivity index (χ1) is 37.4. The lowest BCUT2D eigenvalue weighted by molar-refractivity contribution is -0.870. The summed E-state index contributed by atoms with van der Waals surface area (Å²) < 4.78 is 30.3. The molecule has 0 fully saturated rings. The first-order valence-electron chi connectivity index (χ1n) is 31.2. The summed E-state index contributed by atoms with van der Waals surface area (Å²) in [6.07, 6.45) is 76.2. The number of carbonyl (C=O) groups excluding carboxylic acids is 2. The van der Waals surface area contributed by atoms with Crippen LogP contribution in [0.5, 0.6) is 0 Å². The average Bonchev–Trinajstić information content (AvgIpc) is 3.39. The highest BCUT2D eigenvalue weighted by Gasteiger charge is 2.27. The minimum absolute atomic E-state index is 0.0338. The highest BCUT2D eigenvalue weighted by Crippen LogP contribution is 2.38. The van der Waals surface area contributed by atoms with Gasteiger partial charge in [-0.05, 0) is 115 Å². The molecule has 0 rings (SSSR count). The van der Waals surface area contributed by atoms with Gasteiger partial charge in [0.25, 0.3) is 7.82 Å². The Morgan fingerprint density at radius 1 is 0.468 bits per heavy atom. The number of hydrogen-bond acceptors (Lipinski definition) is 7. The van der Waals surface area contributed by atoms with Crippen LogP contribution in [0.2, 0.25) is 0 Å². The van der Waals surface area contributed by atoms with Gasteiger partial charge in [0.15, 0.2) is 0 Å². The number of carbonyl (C=O) groups is 2. The number of quaternary nitrogens is 1. The summed E-state index contributed by atoms with van der Waals surface area (Å²) in [6.45, 7) is 6.66. The van der Waals surface area contributed by atoms with Crippen LogP contribution in [0, 0.1) is 0 Å². The smallest absolute Gasteiger partial charge is 0.306 e. The Morgan fingerprint density at radius 3 is 1.27 bits per heavy atom. The zero-order valence-corrected chi connectivity index (χ0v) is 51.3. The maximum atomic E-state index is 13.5. The summed E-state index contributed by atoms with van der Waals surface area (Å²) in [5.41, 5.74) is 0. The quantitative estimate of drug-likeness (QED) is 0.0212. The van der Waals surface area contributed by atoms with Crippen LogP contribution in [0.4, 0.5) is 0 Å². The Labute approximate surface area is 474 Å². The van der Waals surface area contributed by atoms with E-state index in [1.54, 1.807) is 0 Å². The second-order valence-corrected chi connectivity index (χ2v) is 23.2. The van der Waals surface area contributed by atoms with Crippen LogP contribution in [-0.4, -0.2) is 69.4 Å². The Balaban J connectivity index is 5.28. The standard InChI is InChI=1S/C67H117N2O7P/c1-7-10-13-16-19-22-25-27-29-31-32-33-34-35-36-38-40-42-45-48-51-54-57-60-67(71)76-65(58-55-52-49-46-43-24-21-18-15-12-9-3)64(63-75-77(72,73)74-62-61-69(4,5)6)68-66(70)59-56-53-50-47-44-41-39-37-30-28-26-23-20-17-14-11-8-2/h10,13,19-20,22-23,27-30,32-33,35-36,40,42,55,58,64-65H,7-9,11-12,14-18,21,24-26,31,34,37-39,41,43-54,56-57,59-63H2,1-6H3,(H-,68,70,72,73)/b13-10-,22-19-,23-20-,29-27-,30-28-,33-32-,36-35-,42-40-,58-55-. The highest BCUT2D eigenvalue weighted by molar-refractivity contribution is 7.45. The molecule has 0 aliphatic rings. The third-order valence-corrected chi connectivity index (χ3v) is 14.2. The number of phosphoric acid groups is 1. The number of nitrogens with zero attached hydrogens (tertiary/aromatic N) is 1. The molecule has 0 bridgehead atoms. The normalized spacial score (nSPS) is 14.4. The van der Waals surface area contributed by atoms with E-state index in [9.17, 15) is 19.0 Å². The summed E-state index contributed by atoms with van der Waals surface area (Å²) >= 11 is 0. The number of rotatable bonds is 55. The average molecular weight is 1090 g/mol. The molecule has 3 atom stereocenters. The summed E-state index contributed by atoms with van der Waals surface area (Å²) in [6, 6.07) is -0.910. The zero-order chi connectivity index (χ0) is 56.4. The predicted octanol–water partition coefficient (Wildman–Crippen LogP) is 18.7. The van der Waals surface area contributed by atoms with Gasteiger partial charge in [0.2, 0.25) is 5.91 Å². The third kappa shape index (κ3) is 57.2. The van der Waals surface area contributed by atoms with E-state index in [4.69, 9.17) is 13.8 Å². The molecular weight excluding hydrogens is 976 g/mol. The number of likely N-dealkylation sites (N-methyl/N-ethyl adjacent to an activating group) is 1. The van der Waals surface area contributed by atoms with E-state index in [1.807, 2.05) is 33.3 Å². The highest BCUT2D eigenvalue weighted by atomic mass is 31.2. The molecule has 0 saturated heterocycles. The van der Waals surface area contributed by atoms with Gasteiger partial charge >= 0.3 is 5.97 Å². The topological polar surface area (TPSA) is 114 Å². The molecular formula is C67H117N2O7P. The van der Waals surface area contributed by atoms with E-state index >= 15 is 0 Å². The molecule has 442 valence electrons. The number of amides is 1. The fourth-order valence-corrected chi connectivity index (χ4v) is 9.10. The lowest BCUT2D eigenvalue weighted by Crippen LogP contribution is -2.47. The van der Waals surface area contributed by atoms with E-state index in [0.717, 1.165) is 122 Å². The van der Waals surface area contributed by atoms with Crippen molar-refractivity contribution < 1.29 is 37.3 Å². The number of esters is 1. The molecule has 0 heterocycles. The van der Waals surface area contributed by atoms with Gasteiger partial charge in [-0.25, -0.2) is 0 Å². The van der Waals surface area contributed by atoms with Crippen LogP contribution in [0.25, 0.3) is 0 Å². The van der Waals surface area contributed by atoms with Crippen molar-refractivity contribution in [3.63, 3.8) is 0 Å². The molecule has 1 N–H and O–H groups in total. The monoisotopic (exact) mass is 1090 g/mol. The van der Waals surface area contributed by atoms with E-state index in [2.05, 4.69) is 123 Å². The van der Waals surface area contributed by atoms with Gasteiger partial charge in [-0.1, -0.05) is 233 Å². The van der Waals surface area contributed by atoms with Crippen LogP contribution < -0.4 is 10.2 Å². The van der Waals surface area contributed by atoms with Gasteiger partial charge in [-0.3, -0.25) is 14.2 Å². The summed E-state index contributed by atoms with van der Waals surface area (Å²) in [7, 11) is 1.15. The number of phosphoric ester groups is 1. The Bertz CT molecular complexity index is 1690. The van der Waals surface area contributed by atoms with Gasteiger partial charge in [0.05, 0.1) is 33.8 Å². The fraction of sp³-hybridized carbons (Fsp3) is 0.701. The SMILES string of the molecule is CC/C=C\C/C=C\C/C=C\C/C=C\C/C=C\C/C=C\CCCCCCC(=O)OC(/C=C\CCCCCCCCCCC)C(COP(=O)([O-])OCC[N+](C)(C)C)NC(=O)CCCCCCCCC/C=C\C/C=C\CCCCC. The number of allylic oxidation sites excluding steroid dienone is 17. The largest absolute Gasteiger partial charge is 0.756 e. The minimum atomic E-state index is -4.71. The van der Waals surface area contributed by atoms with Gasteiger partial charge in [-0.15, -0.1) is 0 Å². The second kappa shape index (κ2) is 56.0. The number of hydrogen-bond donors (Lipinski definition) is 1. The molecule has 1 amide bonds. The van der Waals surface area contributed by atoms with Crippen LogP contribution >= 0.6 is 7.82 Å². The maximum Gasteiger partial charge on any atom is 0.306 e. The van der Waals surface area contributed by atoms with Crippen LogP contribution in [0.3, 0.4) is 0 Å². The zero-order valence-electron chi connectivity index (χ0n) is 50.4. The molecule has 9 nitrogen and oxygen atoms in total. The Kier molecular flexibility index (Phi) is 53.5. The van der Waals surface area contributed by atoms with Crippen LogP contribution in [-0.2, 0) is 27.9 Å². The second-order valence-electron chi connectivity index (χ2n) is 21.8. The summed E-state index contributed by atoms with van der Waals surface area (Å²) in [4.78, 5) is 40.0. The van der Waals surface area contributed by atoms with Crippen molar-refractivity contribution in [2.45, 2.75) is 264 Å². The molecule has 0 aliphatic heterocycles. The first-order valence-corrected chi connectivity index (χ1v) is 32.7. The van der Waals surface area contributed by atoms with E-state index in [1.165, 1.54) is 89.9 Å². The van der Waals surface area contributed by atoms with E-state index < -0.39 is 26.6 Å². The van der Waals surface area contributed by atoms with Crippen LogP contribution in [0.1, 0.15) is 252 Å². The molecule has 0 aromatic carbocycles. The molecule has 0 spiro atoms. The van der Waals surface area contributed by atoms with Gasteiger partial charge in [0, 0.05) is 12.8 Å². The van der Waals surface area contributed by atoms with E-state index in [-0.39, 0.29) is 24.9 Å². The summed E-state index contributed by atoms with van der Waals surface area (Å²) in [5.74, 6) is -0.585. The Hall–Kier alpha value is -3.33. The van der Waals surface area contributed by atoms with Gasteiger partial charge < -0.3 is 28.5 Å². The van der Waals surface area contributed by atoms with E-state index in [0.29, 0.717) is 23.9 Å². The lowest BCUT2D eigenvalue weighted by atomic mass is 10.1. The molecule has 0 aromatic rings. The van der Waals surface area contributed by atoms with Crippen molar-refractivity contribution in [3.05, 3.63) is 109 Å². The van der Waals surface area contributed by atoms with Crippen molar-refractivity contribution in [3.8, 4) is 0 Å². The van der Waals surface area contributed by atoms with Crippen molar-refractivity contribution in [2.24, 2.45) is 0 Å². The molecule has 0 aliphatic carbocycles. The predicted molar refractivity (Wildman–Crippen MR) is 330 cm³/mol. The van der Waals surface area contributed by atoms with Gasteiger partial charge in [-0.2, -0.15) is 0 Å².